The molecule has 2 atom stereocenters. The van der Waals surface area contributed by atoms with Gasteiger partial charge >= 0.3 is 6.03 Å². The minimum absolute atomic E-state index is 0.0235. The molecule has 0 radical (unpaired) electrons. The van der Waals surface area contributed by atoms with E-state index >= 15 is 0 Å². The third-order valence-corrected chi connectivity index (χ3v) is 5.64. The van der Waals surface area contributed by atoms with E-state index in [1.165, 1.54) is 0 Å². The van der Waals surface area contributed by atoms with Crippen molar-refractivity contribution >= 4 is 29.2 Å². The summed E-state index contributed by atoms with van der Waals surface area (Å²) in [5, 5.41) is 7.59. The zero-order valence-electron chi connectivity index (χ0n) is 13.3. The second-order valence-corrected chi connectivity index (χ2v) is 7.22. The summed E-state index contributed by atoms with van der Waals surface area (Å²) in [5.41, 5.74) is -0.0710. The lowest BCUT2D eigenvalue weighted by atomic mass is 9.80. The van der Waals surface area contributed by atoms with Crippen LogP contribution in [0.2, 0.25) is 0 Å². The topological polar surface area (TPSA) is 78.5 Å². The maximum Gasteiger partial charge on any atom is 0.325 e. The summed E-state index contributed by atoms with van der Waals surface area (Å²) in [4.78, 5) is 39.4. The number of nitrogens with one attached hydrogen (secondary N) is 2. The van der Waals surface area contributed by atoms with E-state index in [9.17, 15) is 14.4 Å². The van der Waals surface area contributed by atoms with Gasteiger partial charge in [-0.05, 0) is 44.1 Å². The molecule has 0 saturated carbocycles. The molecule has 7 heteroatoms. The number of imide groups is 1. The second-order valence-electron chi connectivity index (χ2n) is 6.21. The van der Waals surface area contributed by atoms with E-state index in [4.69, 9.17) is 0 Å². The molecule has 0 unspecified atom stereocenters. The lowest BCUT2D eigenvalue weighted by Gasteiger charge is -2.31. The highest BCUT2D eigenvalue weighted by Gasteiger charge is 2.54. The Bertz CT molecular complexity index is 657. The van der Waals surface area contributed by atoms with Crippen LogP contribution in [0.15, 0.2) is 11.4 Å². The Morgan fingerprint density at radius 3 is 3.04 bits per heavy atom. The minimum atomic E-state index is -0.971. The van der Waals surface area contributed by atoms with Crippen molar-refractivity contribution in [1.82, 2.24) is 15.5 Å². The number of hydrogen-bond acceptors (Lipinski definition) is 4. The van der Waals surface area contributed by atoms with E-state index in [1.54, 1.807) is 11.3 Å². The van der Waals surface area contributed by atoms with Crippen LogP contribution < -0.4 is 10.6 Å². The standard InChI is InChI=1S/C16H21N3O3S/c1-3-10(2)17-13(20)9-19-14(21)16(18-15(19)22)7-4-5-12-11(16)6-8-23-12/h6,8,10H,3-5,7,9H2,1-2H3,(H,17,20)(H,18,22)/t10-,16+/m1/s1. The SMILES string of the molecule is CC[C@@H](C)NC(=O)CN1C(=O)N[C@]2(CCCc3sccc32)C1=O. The van der Waals surface area contributed by atoms with Crippen LogP contribution in [-0.4, -0.2) is 35.3 Å². The molecule has 0 bridgehead atoms. The molecule has 2 aliphatic rings. The van der Waals surface area contributed by atoms with Gasteiger partial charge in [-0.3, -0.25) is 14.5 Å². The van der Waals surface area contributed by atoms with Crippen molar-refractivity contribution in [2.45, 2.75) is 51.1 Å². The molecule has 1 spiro atoms. The number of carbonyl (C=O) groups excluding carboxylic acids is 3. The number of urea groups is 1. The van der Waals surface area contributed by atoms with Gasteiger partial charge in [-0.15, -0.1) is 11.3 Å². The van der Waals surface area contributed by atoms with Crippen molar-refractivity contribution in [2.75, 3.05) is 6.54 Å². The van der Waals surface area contributed by atoms with Crippen LogP contribution in [0.5, 0.6) is 0 Å². The van der Waals surface area contributed by atoms with Crippen LogP contribution in [-0.2, 0) is 21.5 Å². The van der Waals surface area contributed by atoms with Crippen LogP contribution in [0, 0.1) is 0 Å². The summed E-state index contributed by atoms with van der Waals surface area (Å²) in [7, 11) is 0. The Kier molecular flexibility index (Phi) is 4.14. The zero-order chi connectivity index (χ0) is 16.6. The lowest BCUT2D eigenvalue weighted by Crippen LogP contribution is -2.47. The van der Waals surface area contributed by atoms with Crippen LogP contribution in [0.25, 0.3) is 0 Å². The van der Waals surface area contributed by atoms with E-state index in [2.05, 4.69) is 10.6 Å². The van der Waals surface area contributed by atoms with E-state index in [-0.39, 0.29) is 24.4 Å². The molecule has 124 valence electrons. The summed E-state index contributed by atoms with van der Waals surface area (Å²) in [6.45, 7) is 3.63. The highest BCUT2D eigenvalue weighted by Crippen LogP contribution is 2.41. The summed E-state index contributed by atoms with van der Waals surface area (Å²) < 4.78 is 0. The molecule has 23 heavy (non-hydrogen) atoms. The Labute approximate surface area is 139 Å². The van der Waals surface area contributed by atoms with Crippen LogP contribution >= 0.6 is 11.3 Å². The molecule has 3 rings (SSSR count). The van der Waals surface area contributed by atoms with Crippen molar-refractivity contribution in [1.29, 1.82) is 0 Å². The number of nitrogens with zero attached hydrogens (tertiary/aromatic N) is 1. The Morgan fingerprint density at radius 1 is 1.52 bits per heavy atom. The van der Waals surface area contributed by atoms with Gasteiger partial charge in [-0.25, -0.2) is 4.79 Å². The first-order valence-electron chi connectivity index (χ1n) is 7.98. The maximum atomic E-state index is 12.9. The average Bonchev–Trinajstić information content (AvgIpc) is 3.08. The minimum Gasteiger partial charge on any atom is -0.352 e. The smallest absolute Gasteiger partial charge is 0.325 e. The van der Waals surface area contributed by atoms with Crippen LogP contribution in [0.4, 0.5) is 4.79 Å². The summed E-state index contributed by atoms with van der Waals surface area (Å²) in [6, 6.07) is 1.46. The van der Waals surface area contributed by atoms with Gasteiger partial charge in [0.1, 0.15) is 12.1 Å². The largest absolute Gasteiger partial charge is 0.352 e. The van der Waals surface area contributed by atoms with E-state index in [0.29, 0.717) is 6.42 Å². The predicted octanol–water partition coefficient (Wildman–Crippen LogP) is 1.75. The Balaban J connectivity index is 1.81. The molecule has 4 amide bonds. The molecule has 2 heterocycles. The van der Waals surface area contributed by atoms with Gasteiger partial charge in [0.2, 0.25) is 5.91 Å². The van der Waals surface area contributed by atoms with Gasteiger partial charge in [0.05, 0.1) is 0 Å². The number of amides is 4. The van der Waals surface area contributed by atoms with Crippen LogP contribution in [0.3, 0.4) is 0 Å². The number of aryl methyl sites for hydroxylation is 1. The summed E-state index contributed by atoms with van der Waals surface area (Å²) in [6.07, 6.45) is 3.18. The predicted molar refractivity (Wildman–Crippen MR) is 87.1 cm³/mol. The van der Waals surface area contributed by atoms with Crippen molar-refractivity contribution in [3.63, 3.8) is 0 Å². The highest BCUT2D eigenvalue weighted by atomic mass is 32.1. The molecule has 2 N–H and O–H groups in total. The van der Waals surface area contributed by atoms with Crippen molar-refractivity contribution in [2.24, 2.45) is 0 Å². The summed E-state index contributed by atoms with van der Waals surface area (Å²) in [5.74, 6) is -0.609. The first kappa shape index (κ1) is 16.0. The zero-order valence-corrected chi connectivity index (χ0v) is 14.2. The van der Waals surface area contributed by atoms with Gasteiger partial charge in [0, 0.05) is 16.5 Å². The van der Waals surface area contributed by atoms with Gasteiger partial charge in [-0.1, -0.05) is 6.92 Å². The molecule has 1 aliphatic carbocycles. The van der Waals surface area contributed by atoms with E-state index in [0.717, 1.165) is 34.6 Å². The third kappa shape index (κ3) is 2.63. The fourth-order valence-electron chi connectivity index (χ4n) is 3.25. The molecule has 1 fully saturated rings. The molecule has 1 aromatic rings. The number of hydrogen-bond donors (Lipinski definition) is 2. The molecule has 1 aliphatic heterocycles. The molecule has 1 aromatic heterocycles. The van der Waals surface area contributed by atoms with Crippen molar-refractivity contribution in [3.8, 4) is 0 Å². The number of rotatable bonds is 4. The fraction of sp³-hybridized carbons (Fsp3) is 0.562. The Morgan fingerprint density at radius 2 is 2.30 bits per heavy atom. The number of carbonyl (C=O) groups is 3. The third-order valence-electron chi connectivity index (χ3n) is 4.66. The quantitative estimate of drug-likeness (QED) is 0.823. The first-order chi connectivity index (χ1) is 11.0. The van der Waals surface area contributed by atoms with Gasteiger partial charge in [0.25, 0.3) is 5.91 Å². The fourth-order valence-corrected chi connectivity index (χ4v) is 4.25. The number of thiophene rings is 1. The normalized spacial score (nSPS) is 24.5. The lowest BCUT2D eigenvalue weighted by molar-refractivity contribution is -0.135. The monoisotopic (exact) mass is 335 g/mol. The summed E-state index contributed by atoms with van der Waals surface area (Å²) >= 11 is 1.61. The van der Waals surface area contributed by atoms with E-state index in [1.807, 2.05) is 25.3 Å². The van der Waals surface area contributed by atoms with Gasteiger partial charge in [-0.2, -0.15) is 0 Å². The second kappa shape index (κ2) is 5.96. The molecular weight excluding hydrogens is 314 g/mol. The van der Waals surface area contributed by atoms with Crippen molar-refractivity contribution < 1.29 is 14.4 Å². The molecule has 6 nitrogen and oxygen atoms in total. The maximum absolute atomic E-state index is 12.9. The van der Waals surface area contributed by atoms with E-state index < -0.39 is 11.6 Å². The molecular formula is C16H21N3O3S. The first-order valence-corrected chi connectivity index (χ1v) is 8.86. The molecule has 1 saturated heterocycles. The highest BCUT2D eigenvalue weighted by molar-refractivity contribution is 7.10. The van der Waals surface area contributed by atoms with Crippen LogP contribution in [0.1, 0.15) is 43.6 Å². The van der Waals surface area contributed by atoms with Crippen molar-refractivity contribution in [3.05, 3.63) is 21.9 Å². The number of fused-ring (bicyclic) bond motifs is 2. The van der Waals surface area contributed by atoms with Gasteiger partial charge < -0.3 is 10.6 Å². The van der Waals surface area contributed by atoms with Gasteiger partial charge in [0.15, 0.2) is 0 Å². The average molecular weight is 335 g/mol. The molecule has 0 aromatic carbocycles. The Hall–Kier alpha value is -1.89.